The van der Waals surface area contributed by atoms with Gasteiger partial charge in [0.05, 0.1) is 11.3 Å². The van der Waals surface area contributed by atoms with E-state index in [0.717, 1.165) is 35.1 Å². The summed E-state index contributed by atoms with van der Waals surface area (Å²) in [6.07, 6.45) is 2.12. The third-order valence-corrected chi connectivity index (χ3v) is 4.73. The molecule has 0 saturated heterocycles. The second-order valence-electron chi connectivity index (χ2n) is 6.48. The van der Waals surface area contributed by atoms with Crippen LogP contribution in [0, 0.1) is 0 Å². The molecule has 2 N–H and O–H groups in total. The van der Waals surface area contributed by atoms with E-state index < -0.39 is 0 Å². The van der Waals surface area contributed by atoms with Crippen molar-refractivity contribution in [2.45, 2.75) is 13.1 Å². The molecular formula is C23H21ClN3+. The maximum absolute atomic E-state index is 6.21. The van der Waals surface area contributed by atoms with Crippen molar-refractivity contribution < 1.29 is 5.32 Å². The summed E-state index contributed by atoms with van der Waals surface area (Å²) in [4.78, 5) is 0. The van der Waals surface area contributed by atoms with Crippen molar-refractivity contribution in [1.29, 1.82) is 0 Å². The van der Waals surface area contributed by atoms with Crippen LogP contribution in [0.5, 0.6) is 0 Å². The van der Waals surface area contributed by atoms with E-state index in [4.69, 9.17) is 16.7 Å². The van der Waals surface area contributed by atoms with Crippen LogP contribution in [0.3, 0.4) is 0 Å². The van der Waals surface area contributed by atoms with Crippen LogP contribution >= 0.6 is 11.6 Å². The minimum atomic E-state index is 0.723. The number of hydrogen-bond acceptors (Lipinski definition) is 1. The summed E-state index contributed by atoms with van der Waals surface area (Å²) in [6, 6.07) is 28.6. The van der Waals surface area contributed by atoms with Crippen LogP contribution in [0.1, 0.15) is 11.1 Å². The number of para-hydroxylation sites is 1. The van der Waals surface area contributed by atoms with Crippen LogP contribution in [-0.4, -0.2) is 9.78 Å². The molecule has 4 aromatic rings. The van der Waals surface area contributed by atoms with E-state index in [-0.39, 0.29) is 0 Å². The Morgan fingerprint density at radius 2 is 1.56 bits per heavy atom. The van der Waals surface area contributed by atoms with Crippen molar-refractivity contribution in [2.24, 2.45) is 0 Å². The molecule has 1 heterocycles. The van der Waals surface area contributed by atoms with Crippen molar-refractivity contribution in [2.75, 3.05) is 0 Å². The highest BCUT2D eigenvalue weighted by atomic mass is 35.5. The largest absolute Gasteiger partial charge is 0.339 e. The quantitative estimate of drug-likeness (QED) is 0.531. The molecule has 4 heteroatoms. The average Bonchev–Trinajstić information content (AvgIpc) is 3.14. The number of nitrogens with two attached hydrogens (primary N) is 1. The van der Waals surface area contributed by atoms with Gasteiger partial charge in [0.2, 0.25) is 0 Å². The van der Waals surface area contributed by atoms with Gasteiger partial charge in [0, 0.05) is 22.3 Å². The molecule has 4 rings (SSSR count). The lowest BCUT2D eigenvalue weighted by molar-refractivity contribution is -0.686. The summed E-state index contributed by atoms with van der Waals surface area (Å²) in [5.41, 5.74) is 5.58. The van der Waals surface area contributed by atoms with Crippen molar-refractivity contribution in [3.05, 3.63) is 107 Å². The zero-order chi connectivity index (χ0) is 18.5. The fourth-order valence-electron chi connectivity index (χ4n) is 3.16. The van der Waals surface area contributed by atoms with E-state index in [1.54, 1.807) is 0 Å². The molecule has 0 amide bonds. The highest BCUT2D eigenvalue weighted by molar-refractivity contribution is 6.30. The Bertz CT molecular complexity index is 1010. The van der Waals surface area contributed by atoms with Crippen LogP contribution in [0.25, 0.3) is 16.9 Å². The number of rotatable bonds is 6. The third-order valence-electron chi connectivity index (χ3n) is 4.50. The van der Waals surface area contributed by atoms with Gasteiger partial charge in [0.1, 0.15) is 18.8 Å². The molecule has 0 aliphatic carbocycles. The van der Waals surface area contributed by atoms with E-state index in [0.29, 0.717) is 0 Å². The van der Waals surface area contributed by atoms with Crippen LogP contribution in [-0.2, 0) is 13.1 Å². The van der Waals surface area contributed by atoms with Gasteiger partial charge < -0.3 is 5.32 Å². The molecule has 134 valence electrons. The Morgan fingerprint density at radius 3 is 2.30 bits per heavy atom. The smallest absolute Gasteiger partial charge is 0.105 e. The molecule has 0 spiro atoms. The van der Waals surface area contributed by atoms with Gasteiger partial charge in [-0.05, 0) is 24.3 Å². The number of benzene rings is 3. The normalized spacial score (nSPS) is 10.9. The Labute approximate surface area is 164 Å². The first kappa shape index (κ1) is 17.5. The van der Waals surface area contributed by atoms with Crippen molar-refractivity contribution >= 4 is 11.6 Å². The molecule has 0 saturated carbocycles. The molecule has 3 aromatic carbocycles. The minimum Gasteiger partial charge on any atom is -0.339 e. The first-order valence-corrected chi connectivity index (χ1v) is 9.43. The van der Waals surface area contributed by atoms with Crippen molar-refractivity contribution in [3.63, 3.8) is 0 Å². The molecule has 0 fully saturated rings. The Morgan fingerprint density at radius 1 is 0.815 bits per heavy atom. The van der Waals surface area contributed by atoms with Gasteiger partial charge in [-0.25, -0.2) is 4.68 Å². The number of nitrogens with zero attached hydrogens (tertiary/aromatic N) is 2. The van der Waals surface area contributed by atoms with Gasteiger partial charge in [0.25, 0.3) is 0 Å². The molecule has 0 bridgehead atoms. The average molecular weight is 375 g/mol. The lowest BCUT2D eigenvalue weighted by Gasteiger charge is -2.03. The summed E-state index contributed by atoms with van der Waals surface area (Å²) in [5, 5.41) is 7.88. The van der Waals surface area contributed by atoms with Crippen LogP contribution in [0.4, 0.5) is 0 Å². The lowest BCUT2D eigenvalue weighted by atomic mass is 10.1. The van der Waals surface area contributed by atoms with Crippen LogP contribution in [0.15, 0.2) is 91.1 Å². The zero-order valence-corrected chi connectivity index (χ0v) is 15.7. The highest BCUT2D eigenvalue weighted by Crippen LogP contribution is 2.25. The maximum atomic E-state index is 6.21. The Balaban J connectivity index is 1.63. The summed E-state index contributed by atoms with van der Waals surface area (Å²) in [5.74, 6) is 0. The molecule has 27 heavy (non-hydrogen) atoms. The van der Waals surface area contributed by atoms with E-state index >= 15 is 0 Å². The molecule has 1 aromatic heterocycles. The topological polar surface area (TPSA) is 34.4 Å². The first-order valence-electron chi connectivity index (χ1n) is 9.05. The minimum absolute atomic E-state index is 0.723. The predicted octanol–water partition coefficient (Wildman–Crippen LogP) is 4.46. The lowest BCUT2D eigenvalue weighted by Crippen LogP contribution is -2.80. The predicted molar refractivity (Wildman–Crippen MR) is 110 cm³/mol. The molecule has 0 unspecified atom stereocenters. The molecular weight excluding hydrogens is 354 g/mol. The number of hydrogen-bond donors (Lipinski definition) is 1. The van der Waals surface area contributed by atoms with E-state index in [2.05, 4.69) is 54.0 Å². The van der Waals surface area contributed by atoms with E-state index in [1.165, 1.54) is 11.1 Å². The van der Waals surface area contributed by atoms with Crippen molar-refractivity contribution in [1.82, 2.24) is 9.78 Å². The molecule has 0 radical (unpaired) electrons. The van der Waals surface area contributed by atoms with E-state index in [1.807, 2.05) is 47.1 Å². The summed E-state index contributed by atoms with van der Waals surface area (Å²) < 4.78 is 1.95. The van der Waals surface area contributed by atoms with Gasteiger partial charge in [-0.1, -0.05) is 72.3 Å². The molecule has 0 aliphatic rings. The Hall–Kier alpha value is -2.88. The van der Waals surface area contributed by atoms with Gasteiger partial charge in [-0.2, -0.15) is 5.10 Å². The number of halogens is 1. The first-order chi connectivity index (χ1) is 13.3. The second-order valence-corrected chi connectivity index (χ2v) is 6.91. The van der Waals surface area contributed by atoms with E-state index in [9.17, 15) is 0 Å². The third kappa shape index (κ3) is 4.27. The number of aromatic nitrogens is 2. The van der Waals surface area contributed by atoms with Crippen molar-refractivity contribution in [3.8, 4) is 16.9 Å². The van der Waals surface area contributed by atoms with Gasteiger partial charge in [0.15, 0.2) is 0 Å². The van der Waals surface area contributed by atoms with Gasteiger partial charge >= 0.3 is 0 Å². The van der Waals surface area contributed by atoms with Crippen LogP contribution in [0.2, 0.25) is 5.02 Å². The molecule has 3 nitrogen and oxygen atoms in total. The summed E-state index contributed by atoms with van der Waals surface area (Å²) >= 11 is 6.21. The van der Waals surface area contributed by atoms with Gasteiger partial charge in [-0.15, -0.1) is 0 Å². The standard InChI is InChI=1S/C23H20ClN3/c24-21-11-7-10-19(14-21)23-20(16-25-15-18-8-3-1-4-9-18)17-27(26-23)22-12-5-2-6-13-22/h1-14,17,25H,15-16H2/p+1. The fraction of sp³-hybridized carbons (Fsp3) is 0.0870. The zero-order valence-electron chi connectivity index (χ0n) is 14.9. The Kier molecular flexibility index (Phi) is 5.33. The second kappa shape index (κ2) is 8.21. The maximum Gasteiger partial charge on any atom is 0.105 e. The fourth-order valence-corrected chi connectivity index (χ4v) is 3.35. The highest BCUT2D eigenvalue weighted by Gasteiger charge is 2.14. The summed E-state index contributed by atoms with van der Waals surface area (Å²) in [7, 11) is 0. The van der Waals surface area contributed by atoms with Gasteiger partial charge in [-0.3, -0.25) is 0 Å². The van der Waals surface area contributed by atoms with Crippen LogP contribution < -0.4 is 5.32 Å². The molecule has 0 aliphatic heterocycles. The molecule has 0 atom stereocenters. The summed E-state index contributed by atoms with van der Waals surface area (Å²) in [6.45, 7) is 1.79. The SMILES string of the molecule is Clc1cccc(-c2nn(-c3ccccc3)cc2C[NH2+]Cc2ccccc2)c1. The monoisotopic (exact) mass is 374 g/mol. The number of quaternary nitrogens is 1.